The minimum Gasteiger partial charge on any atom is -0.443 e. The fourth-order valence-corrected chi connectivity index (χ4v) is 4.31. The van der Waals surface area contributed by atoms with E-state index >= 15 is 0 Å². The molecule has 1 heterocycles. The van der Waals surface area contributed by atoms with Gasteiger partial charge in [0.2, 0.25) is 0 Å². The lowest BCUT2D eigenvalue weighted by Crippen LogP contribution is -2.37. The van der Waals surface area contributed by atoms with Gasteiger partial charge < -0.3 is 4.74 Å². The van der Waals surface area contributed by atoms with Crippen LogP contribution in [-0.2, 0) is 4.74 Å². The van der Waals surface area contributed by atoms with Crippen molar-refractivity contribution < 1.29 is 9.53 Å². The molecule has 1 spiro atoms. The molecule has 4 rings (SSSR count). The molecule has 29 heavy (non-hydrogen) atoms. The number of carbonyl (C=O) groups excluding carboxylic acids is 1. The third-order valence-electron chi connectivity index (χ3n) is 5.58. The summed E-state index contributed by atoms with van der Waals surface area (Å²) in [5.41, 5.74) is 3.33. The minimum absolute atomic E-state index is 0.00510. The van der Waals surface area contributed by atoms with Gasteiger partial charge in [0.1, 0.15) is 5.60 Å². The first-order chi connectivity index (χ1) is 13.9. The maximum absolute atomic E-state index is 13.4. The summed E-state index contributed by atoms with van der Waals surface area (Å²) in [5.74, 6) is 0. The number of hydrogen-bond donors (Lipinski definition) is 0. The zero-order valence-corrected chi connectivity index (χ0v) is 17.5. The van der Waals surface area contributed by atoms with Crippen LogP contribution in [0.5, 0.6) is 0 Å². The van der Waals surface area contributed by atoms with Crippen molar-refractivity contribution in [2.75, 3.05) is 0 Å². The Kier molecular flexibility index (Phi) is 5.08. The smallest absolute Gasteiger partial charge is 0.419 e. The first-order valence-electron chi connectivity index (χ1n) is 10.5. The van der Waals surface area contributed by atoms with E-state index in [-0.39, 0.29) is 11.5 Å². The molecule has 1 amide bonds. The number of hydrogen-bond acceptors (Lipinski definition) is 2. The van der Waals surface area contributed by atoms with E-state index in [2.05, 4.69) is 36.4 Å². The lowest BCUT2D eigenvalue weighted by atomic mass is 9.80. The van der Waals surface area contributed by atoms with Crippen LogP contribution in [0.3, 0.4) is 0 Å². The maximum atomic E-state index is 13.4. The standard InChI is InChI=1S/C26H29NO2/c1-25(2,3)29-24(28)27-22(20-12-6-4-7-13-20)18-26(16-10-11-17-26)19-23(27)21-14-8-5-9-15-21/h4-9,12-15,18-19H,10-11,16-17H2,1-3H3. The fourth-order valence-electron chi connectivity index (χ4n) is 4.31. The zero-order valence-electron chi connectivity index (χ0n) is 17.5. The molecule has 0 N–H and O–H groups in total. The highest BCUT2D eigenvalue weighted by atomic mass is 16.6. The average molecular weight is 388 g/mol. The van der Waals surface area contributed by atoms with Gasteiger partial charge in [0.25, 0.3) is 0 Å². The van der Waals surface area contributed by atoms with Gasteiger partial charge in [0.15, 0.2) is 0 Å². The first-order valence-corrected chi connectivity index (χ1v) is 10.5. The molecule has 0 radical (unpaired) electrons. The van der Waals surface area contributed by atoms with Gasteiger partial charge in [-0.05, 0) is 56.9 Å². The van der Waals surface area contributed by atoms with Crippen molar-refractivity contribution >= 4 is 17.5 Å². The van der Waals surface area contributed by atoms with Gasteiger partial charge in [-0.2, -0.15) is 0 Å². The van der Waals surface area contributed by atoms with Crippen LogP contribution < -0.4 is 0 Å². The highest BCUT2D eigenvalue weighted by Crippen LogP contribution is 2.49. The van der Waals surface area contributed by atoms with E-state index in [0.717, 1.165) is 35.4 Å². The Balaban J connectivity index is 1.88. The van der Waals surface area contributed by atoms with E-state index in [1.807, 2.05) is 57.2 Å². The van der Waals surface area contributed by atoms with E-state index in [9.17, 15) is 4.79 Å². The van der Waals surface area contributed by atoms with E-state index in [1.165, 1.54) is 12.8 Å². The number of amides is 1. The van der Waals surface area contributed by atoms with Gasteiger partial charge >= 0.3 is 6.09 Å². The monoisotopic (exact) mass is 387 g/mol. The minimum atomic E-state index is -0.566. The average Bonchev–Trinajstić information content (AvgIpc) is 3.15. The van der Waals surface area contributed by atoms with Gasteiger partial charge in [-0.15, -0.1) is 0 Å². The summed E-state index contributed by atoms with van der Waals surface area (Å²) in [7, 11) is 0. The van der Waals surface area contributed by atoms with E-state index in [4.69, 9.17) is 4.74 Å². The Morgan fingerprint density at radius 1 is 0.828 bits per heavy atom. The second kappa shape index (κ2) is 7.55. The van der Waals surface area contributed by atoms with Crippen molar-refractivity contribution in [3.63, 3.8) is 0 Å². The number of allylic oxidation sites excluding steroid dienone is 2. The molecule has 0 unspecified atom stereocenters. The molecule has 0 atom stereocenters. The van der Waals surface area contributed by atoms with Crippen LogP contribution in [0.15, 0.2) is 72.8 Å². The van der Waals surface area contributed by atoms with Crippen LogP contribution in [0.1, 0.15) is 57.6 Å². The van der Waals surface area contributed by atoms with Crippen molar-refractivity contribution in [3.05, 3.63) is 83.9 Å². The molecule has 1 aliphatic heterocycles. The quantitative estimate of drug-likeness (QED) is 0.562. The zero-order chi connectivity index (χ0) is 20.5. The SMILES string of the molecule is CC(C)(C)OC(=O)N1C(c2ccccc2)=CC2(C=C1c1ccccc1)CCCC2. The molecule has 1 aliphatic carbocycles. The van der Waals surface area contributed by atoms with E-state index in [1.54, 1.807) is 4.90 Å². The summed E-state index contributed by atoms with van der Waals surface area (Å²) in [6.07, 6.45) is 8.91. The molecule has 0 saturated heterocycles. The van der Waals surface area contributed by atoms with Gasteiger partial charge in [0, 0.05) is 5.41 Å². The predicted molar refractivity (Wildman–Crippen MR) is 118 cm³/mol. The normalized spacial score (nSPS) is 18.4. The molecule has 0 aromatic heterocycles. The number of rotatable bonds is 2. The summed E-state index contributed by atoms with van der Waals surface area (Å²) >= 11 is 0. The Bertz CT molecular complexity index is 870. The number of benzene rings is 2. The summed E-state index contributed by atoms with van der Waals surface area (Å²) in [6.45, 7) is 5.72. The first kappa shape index (κ1) is 19.5. The number of ether oxygens (including phenoxy) is 1. The van der Waals surface area contributed by atoms with E-state index < -0.39 is 5.60 Å². The predicted octanol–water partition coefficient (Wildman–Crippen LogP) is 6.88. The molecule has 3 heteroatoms. The fraction of sp³-hybridized carbons (Fsp3) is 0.346. The molecular weight excluding hydrogens is 358 g/mol. The second-order valence-corrected chi connectivity index (χ2v) is 9.05. The lowest BCUT2D eigenvalue weighted by Gasteiger charge is -2.38. The van der Waals surface area contributed by atoms with Crippen LogP contribution in [0.25, 0.3) is 11.4 Å². The summed E-state index contributed by atoms with van der Waals surface area (Å²) < 4.78 is 5.84. The van der Waals surface area contributed by atoms with Crippen LogP contribution in [0.4, 0.5) is 4.79 Å². The van der Waals surface area contributed by atoms with E-state index in [0.29, 0.717) is 0 Å². The molecule has 1 saturated carbocycles. The summed E-state index contributed by atoms with van der Waals surface area (Å²) in [4.78, 5) is 15.2. The van der Waals surface area contributed by atoms with Crippen molar-refractivity contribution in [2.45, 2.75) is 52.1 Å². The van der Waals surface area contributed by atoms with Crippen molar-refractivity contribution in [1.82, 2.24) is 4.90 Å². The highest BCUT2D eigenvalue weighted by Gasteiger charge is 2.40. The summed E-state index contributed by atoms with van der Waals surface area (Å²) in [6, 6.07) is 20.4. The lowest BCUT2D eigenvalue weighted by molar-refractivity contribution is 0.0423. The molecule has 150 valence electrons. The molecule has 2 aromatic rings. The topological polar surface area (TPSA) is 29.5 Å². The molecule has 3 nitrogen and oxygen atoms in total. The largest absolute Gasteiger partial charge is 0.443 e. The van der Waals surface area contributed by atoms with Crippen LogP contribution in [-0.4, -0.2) is 16.6 Å². The third kappa shape index (κ3) is 4.14. The second-order valence-electron chi connectivity index (χ2n) is 9.05. The van der Waals surface area contributed by atoms with Gasteiger partial charge in [0.05, 0.1) is 11.4 Å². The number of nitrogens with zero attached hydrogens (tertiary/aromatic N) is 1. The van der Waals surface area contributed by atoms with Crippen LogP contribution in [0.2, 0.25) is 0 Å². The Hall–Kier alpha value is -2.81. The third-order valence-corrected chi connectivity index (χ3v) is 5.58. The van der Waals surface area contributed by atoms with Crippen LogP contribution in [0, 0.1) is 5.41 Å². The summed E-state index contributed by atoms with van der Waals surface area (Å²) in [5, 5.41) is 0. The maximum Gasteiger partial charge on any atom is 0.419 e. The van der Waals surface area contributed by atoms with Gasteiger partial charge in [-0.1, -0.05) is 73.5 Å². The van der Waals surface area contributed by atoms with Crippen molar-refractivity contribution in [1.29, 1.82) is 0 Å². The molecule has 0 bridgehead atoms. The van der Waals surface area contributed by atoms with Crippen molar-refractivity contribution in [3.8, 4) is 0 Å². The molecule has 2 aliphatic rings. The molecular formula is C26H29NO2. The Morgan fingerprint density at radius 2 is 1.28 bits per heavy atom. The van der Waals surface area contributed by atoms with Crippen molar-refractivity contribution in [2.24, 2.45) is 5.41 Å². The molecule has 1 fully saturated rings. The van der Waals surface area contributed by atoms with Crippen LogP contribution >= 0.6 is 0 Å². The van der Waals surface area contributed by atoms with Gasteiger partial charge in [-0.25, -0.2) is 9.69 Å². The molecule has 2 aromatic carbocycles. The Morgan fingerprint density at radius 3 is 1.69 bits per heavy atom. The number of carbonyl (C=O) groups is 1. The van der Waals surface area contributed by atoms with Gasteiger partial charge in [-0.3, -0.25) is 0 Å². The Labute approximate surface area is 173 Å². The highest BCUT2D eigenvalue weighted by molar-refractivity contribution is 5.95.